The highest BCUT2D eigenvalue weighted by atomic mass is 16.5. The summed E-state index contributed by atoms with van der Waals surface area (Å²) in [6.45, 7) is 2.75. The molecule has 2 heterocycles. The van der Waals surface area contributed by atoms with E-state index in [0.717, 1.165) is 55.9 Å². The lowest BCUT2D eigenvalue weighted by molar-refractivity contribution is 0.0552. The molecule has 4 rings (SSSR count). The largest absolute Gasteiger partial charge is 0.392 e. The van der Waals surface area contributed by atoms with Gasteiger partial charge in [-0.15, -0.1) is 0 Å². The predicted octanol–water partition coefficient (Wildman–Crippen LogP) is 4.16. The van der Waals surface area contributed by atoms with Crippen molar-refractivity contribution in [1.82, 2.24) is 10.1 Å². The summed E-state index contributed by atoms with van der Waals surface area (Å²) in [7, 11) is 0. The lowest BCUT2D eigenvalue weighted by atomic mass is 9.88. The van der Waals surface area contributed by atoms with Crippen LogP contribution in [-0.2, 0) is 13.0 Å². The molecule has 27 heavy (non-hydrogen) atoms. The summed E-state index contributed by atoms with van der Waals surface area (Å²) < 4.78 is 5.53. The van der Waals surface area contributed by atoms with Gasteiger partial charge >= 0.3 is 0 Å². The van der Waals surface area contributed by atoms with Crippen LogP contribution in [0.4, 0.5) is 0 Å². The van der Waals surface area contributed by atoms with Crippen LogP contribution >= 0.6 is 0 Å². The van der Waals surface area contributed by atoms with Crippen LogP contribution in [0.5, 0.6) is 0 Å². The zero-order valence-corrected chi connectivity index (χ0v) is 15.5. The second-order valence-electron chi connectivity index (χ2n) is 7.42. The van der Waals surface area contributed by atoms with Gasteiger partial charge in [-0.25, -0.2) is 0 Å². The van der Waals surface area contributed by atoms with E-state index in [4.69, 9.17) is 4.52 Å². The number of hydrogen-bond acceptors (Lipinski definition) is 4. The highest BCUT2D eigenvalue weighted by Gasteiger charge is 2.26. The summed E-state index contributed by atoms with van der Waals surface area (Å²) in [6, 6.07) is 22.4. The van der Waals surface area contributed by atoms with E-state index in [1.54, 1.807) is 0 Å². The summed E-state index contributed by atoms with van der Waals surface area (Å²) in [4.78, 5) is 2.39. The van der Waals surface area contributed by atoms with Crippen molar-refractivity contribution in [1.29, 1.82) is 0 Å². The van der Waals surface area contributed by atoms with Crippen LogP contribution in [0.25, 0.3) is 11.3 Å². The summed E-state index contributed by atoms with van der Waals surface area (Å²) in [6.07, 6.45) is 2.53. The minimum absolute atomic E-state index is 0.260. The third kappa shape index (κ3) is 4.65. The molecule has 0 spiro atoms. The molecule has 1 fully saturated rings. The molecule has 3 aromatic rings. The van der Waals surface area contributed by atoms with Crippen molar-refractivity contribution in [2.75, 3.05) is 13.1 Å². The molecule has 2 aromatic carbocycles. The Hall–Kier alpha value is -2.43. The number of rotatable bonds is 6. The van der Waals surface area contributed by atoms with Crippen molar-refractivity contribution < 1.29 is 9.63 Å². The normalized spacial score (nSPS) is 17.1. The van der Waals surface area contributed by atoms with Crippen LogP contribution in [0.2, 0.25) is 0 Å². The highest BCUT2D eigenvalue weighted by molar-refractivity contribution is 5.58. The Morgan fingerprint density at radius 3 is 2.37 bits per heavy atom. The zero-order chi connectivity index (χ0) is 18.5. The SMILES string of the molecule is O[C@H](Cc1ccccc1)C1CCN(Cc2cc(-c3ccccc3)no2)CC1. The van der Waals surface area contributed by atoms with Gasteiger partial charge in [-0.05, 0) is 43.8 Å². The van der Waals surface area contributed by atoms with Gasteiger partial charge in [-0.1, -0.05) is 65.8 Å². The summed E-state index contributed by atoms with van der Waals surface area (Å²) in [5, 5.41) is 14.8. The van der Waals surface area contributed by atoms with E-state index in [-0.39, 0.29) is 6.10 Å². The summed E-state index contributed by atoms with van der Waals surface area (Å²) >= 11 is 0. The lowest BCUT2D eigenvalue weighted by Gasteiger charge is -2.33. The predicted molar refractivity (Wildman–Crippen MR) is 106 cm³/mol. The Bertz CT molecular complexity index is 824. The molecule has 0 aliphatic carbocycles. The molecule has 1 atom stereocenters. The minimum Gasteiger partial charge on any atom is -0.392 e. The van der Waals surface area contributed by atoms with Crippen LogP contribution in [0.15, 0.2) is 71.3 Å². The Morgan fingerprint density at radius 1 is 1.00 bits per heavy atom. The van der Waals surface area contributed by atoms with Crippen LogP contribution < -0.4 is 0 Å². The number of likely N-dealkylation sites (tertiary alicyclic amines) is 1. The van der Waals surface area contributed by atoms with Gasteiger partial charge in [0, 0.05) is 11.6 Å². The monoisotopic (exact) mass is 362 g/mol. The Kier molecular flexibility index (Phi) is 5.66. The van der Waals surface area contributed by atoms with Crippen molar-refractivity contribution in [2.45, 2.75) is 31.9 Å². The fourth-order valence-electron chi connectivity index (χ4n) is 3.87. The first-order valence-corrected chi connectivity index (χ1v) is 9.73. The number of nitrogens with zero attached hydrogens (tertiary/aromatic N) is 2. The van der Waals surface area contributed by atoms with Crippen molar-refractivity contribution in [2.24, 2.45) is 5.92 Å². The maximum absolute atomic E-state index is 10.6. The molecule has 1 N–H and O–H groups in total. The topological polar surface area (TPSA) is 49.5 Å². The van der Waals surface area contributed by atoms with Gasteiger partial charge in [0.05, 0.1) is 12.6 Å². The zero-order valence-electron chi connectivity index (χ0n) is 15.5. The fourth-order valence-corrected chi connectivity index (χ4v) is 3.87. The first-order valence-electron chi connectivity index (χ1n) is 9.73. The maximum Gasteiger partial charge on any atom is 0.151 e. The summed E-state index contributed by atoms with van der Waals surface area (Å²) in [5.41, 5.74) is 3.18. The van der Waals surface area contributed by atoms with Crippen LogP contribution in [0.3, 0.4) is 0 Å². The Balaban J connectivity index is 1.28. The third-order valence-corrected chi connectivity index (χ3v) is 5.47. The number of aliphatic hydroxyl groups excluding tert-OH is 1. The van der Waals surface area contributed by atoms with Gasteiger partial charge in [0.2, 0.25) is 0 Å². The Labute approximate surface area is 160 Å². The number of piperidine rings is 1. The van der Waals surface area contributed by atoms with Gasteiger partial charge < -0.3 is 9.63 Å². The van der Waals surface area contributed by atoms with Gasteiger partial charge in [0.15, 0.2) is 5.76 Å². The van der Waals surface area contributed by atoms with E-state index in [1.165, 1.54) is 5.56 Å². The van der Waals surface area contributed by atoms with Gasteiger partial charge in [0.1, 0.15) is 5.69 Å². The molecule has 4 heteroatoms. The molecule has 0 radical (unpaired) electrons. The molecule has 1 aromatic heterocycles. The van der Waals surface area contributed by atoms with E-state index < -0.39 is 0 Å². The molecule has 1 saturated heterocycles. The molecule has 0 unspecified atom stereocenters. The third-order valence-electron chi connectivity index (χ3n) is 5.47. The minimum atomic E-state index is -0.260. The molecular formula is C23H26N2O2. The first-order chi connectivity index (χ1) is 13.3. The summed E-state index contributed by atoms with van der Waals surface area (Å²) in [5.74, 6) is 1.27. The molecule has 0 saturated carbocycles. The standard InChI is InChI=1S/C23H26N2O2/c26-23(15-18-7-3-1-4-8-18)20-11-13-25(14-12-20)17-21-16-22(24-27-21)19-9-5-2-6-10-19/h1-10,16,20,23,26H,11-15,17H2/t23-/m1/s1. The fraction of sp³-hybridized carbons (Fsp3) is 0.348. The average Bonchev–Trinajstić information content (AvgIpc) is 3.18. The van der Waals surface area contributed by atoms with Crippen molar-refractivity contribution in [3.63, 3.8) is 0 Å². The average molecular weight is 362 g/mol. The van der Waals surface area contributed by atoms with E-state index >= 15 is 0 Å². The molecule has 1 aliphatic rings. The number of aromatic nitrogens is 1. The molecule has 4 nitrogen and oxygen atoms in total. The molecule has 1 aliphatic heterocycles. The van der Waals surface area contributed by atoms with Crippen LogP contribution in [-0.4, -0.2) is 34.4 Å². The quantitative estimate of drug-likeness (QED) is 0.715. The van der Waals surface area contributed by atoms with E-state index in [9.17, 15) is 5.11 Å². The number of hydrogen-bond donors (Lipinski definition) is 1. The van der Waals surface area contributed by atoms with E-state index in [0.29, 0.717) is 5.92 Å². The van der Waals surface area contributed by atoms with E-state index in [1.807, 2.05) is 54.6 Å². The van der Waals surface area contributed by atoms with Gasteiger partial charge in [0.25, 0.3) is 0 Å². The lowest BCUT2D eigenvalue weighted by Crippen LogP contribution is -2.38. The van der Waals surface area contributed by atoms with Crippen LogP contribution in [0, 0.1) is 5.92 Å². The second-order valence-corrected chi connectivity index (χ2v) is 7.42. The second kappa shape index (κ2) is 8.51. The first kappa shape index (κ1) is 18.0. The van der Waals surface area contributed by atoms with Gasteiger partial charge in [-0.3, -0.25) is 4.90 Å². The molecule has 140 valence electrons. The molecular weight excluding hydrogens is 336 g/mol. The van der Waals surface area contributed by atoms with E-state index in [2.05, 4.69) is 22.2 Å². The Morgan fingerprint density at radius 2 is 1.67 bits per heavy atom. The van der Waals surface area contributed by atoms with Crippen molar-refractivity contribution >= 4 is 0 Å². The smallest absolute Gasteiger partial charge is 0.151 e. The van der Waals surface area contributed by atoms with Crippen molar-refractivity contribution in [3.05, 3.63) is 78.1 Å². The van der Waals surface area contributed by atoms with Crippen LogP contribution in [0.1, 0.15) is 24.2 Å². The highest BCUT2D eigenvalue weighted by Crippen LogP contribution is 2.25. The molecule has 0 bridgehead atoms. The maximum atomic E-state index is 10.6. The van der Waals surface area contributed by atoms with Gasteiger partial charge in [-0.2, -0.15) is 0 Å². The molecule has 0 amide bonds. The number of benzene rings is 2. The van der Waals surface area contributed by atoms with Crippen molar-refractivity contribution in [3.8, 4) is 11.3 Å². The number of aliphatic hydroxyl groups is 1.